The summed E-state index contributed by atoms with van der Waals surface area (Å²) < 4.78 is 54.5. The van der Waals surface area contributed by atoms with Crippen LogP contribution in [0.15, 0.2) is 40.1 Å². The highest BCUT2D eigenvalue weighted by Crippen LogP contribution is 2.35. The Morgan fingerprint density at radius 2 is 1.69 bits per heavy atom. The molecule has 0 bridgehead atoms. The molecule has 1 aliphatic heterocycles. The topological polar surface area (TPSA) is 83.5 Å². The summed E-state index contributed by atoms with van der Waals surface area (Å²) in [4.78, 5) is -0.0903. The zero-order chi connectivity index (χ0) is 18.9. The van der Waals surface area contributed by atoms with E-state index in [-0.39, 0.29) is 24.2 Å². The minimum atomic E-state index is -3.97. The highest BCUT2D eigenvalue weighted by atomic mass is 35.5. The minimum Gasteiger partial charge on any atom is -0.280 e. The molecule has 0 radical (unpaired) electrons. The fourth-order valence-electron chi connectivity index (χ4n) is 2.69. The van der Waals surface area contributed by atoms with Crippen molar-refractivity contribution in [2.45, 2.75) is 29.1 Å². The van der Waals surface area contributed by atoms with E-state index in [0.29, 0.717) is 13.1 Å². The number of hydrogen-bond donors (Lipinski definition) is 1. The maximum absolute atomic E-state index is 12.7. The second-order valence-corrected chi connectivity index (χ2v) is 11.7. The van der Waals surface area contributed by atoms with Gasteiger partial charge >= 0.3 is 0 Å². The van der Waals surface area contributed by atoms with Gasteiger partial charge in [0.1, 0.15) is 9.23 Å². The first-order valence-corrected chi connectivity index (χ1v) is 12.3. The van der Waals surface area contributed by atoms with Crippen LogP contribution in [0.25, 0.3) is 0 Å². The van der Waals surface area contributed by atoms with Gasteiger partial charge in [-0.25, -0.2) is 16.8 Å². The molecule has 6 nitrogen and oxygen atoms in total. The number of halogens is 2. The Morgan fingerprint density at radius 1 is 1.00 bits per heavy atom. The fourth-order valence-corrected chi connectivity index (χ4v) is 7.46. The molecule has 1 aromatic carbocycles. The number of nitrogens with zero attached hydrogens (tertiary/aromatic N) is 1. The van der Waals surface area contributed by atoms with Crippen molar-refractivity contribution in [3.05, 3.63) is 39.0 Å². The average molecular weight is 455 g/mol. The van der Waals surface area contributed by atoms with Crippen molar-refractivity contribution in [1.82, 2.24) is 4.31 Å². The summed E-state index contributed by atoms with van der Waals surface area (Å²) in [6.07, 6.45) is 2.65. The van der Waals surface area contributed by atoms with E-state index in [2.05, 4.69) is 4.72 Å². The molecule has 0 spiro atoms. The second-order valence-electron chi connectivity index (χ2n) is 5.79. The van der Waals surface area contributed by atoms with E-state index in [1.165, 1.54) is 34.6 Å². The molecule has 26 heavy (non-hydrogen) atoms. The van der Waals surface area contributed by atoms with Gasteiger partial charge in [0.25, 0.3) is 10.0 Å². The van der Waals surface area contributed by atoms with Gasteiger partial charge in [0.15, 0.2) is 0 Å². The third kappa shape index (κ3) is 4.18. The molecule has 142 valence electrons. The average Bonchev–Trinajstić information content (AvgIpc) is 2.95. The van der Waals surface area contributed by atoms with Crippen LogP contribution in [0.2, 0.25) is 8.67 Å². The number of nitrogens with one attached hydrogen (secondary N) is 1. The molecule has 0 unspecified atom stereocenters. The van der Waals surface area contributed by atoms with Crippen LogP contribution in [0.4, 0.5) is 5.69 Å². The third-order valence-electron chi connectivity index (χ3n) is 3.95. The summed E-state index contributed by atoms with van der Waals surface area (Å²) in [5, 5.41) is 0. The van der Waals surface area contributed by atoms with Crippen molar-refractivity contribution in [2.24, 2.45) is 0 Å². The van der Waals surface area contributed by atoms with Crippen molar-refractivity contribution >= 4 is 60.3 Å². The number of sulfonamides is 2. The van der Waals surface area contributed by atoms with Gasteiger partial charge in [0.2, 0.25) is 10.0 Å². The van der Waals surface area contributed by atoms with Gasteiger partial charge in [-0.2, -0.15) is 4.31 Å². The molecule has 0 amide bonds. The van der Waals surface area contributed by atoms with E-state index in [9.17, 15) is 16.8 Å². The molecule has 3 rings (SSSR count). The molecule has 1 saturated heterocycles. The van der Waals surface area contributed by atoms with Gasteiger partial charge in [-0.1, -0.05) is 35.7 Å². The number of hydrogen-bond acceptors (Lipinski definition) is 5. The smallest absolute Gasteiger partial charge is 0.264 e. The van der Waals surface area contributed by atoms with Gasteiger partial charge in [0.05, 0.1) is 14.9 Å². The first-order valence-electron chi connectivity index (χ1n) is 7.78. The standard InChI is InChI=1S/C15H16Cl2N2O4S3/c16-14-10-13(15(17)24-14)25(20,21)18-11-5-4-6-12(9-11)26(22,23)19-7-2-1-3-8-19/h4-6,9-10,18H,1-3,7-8H2. The van der Waals surface area contributed by atoms with Crippen LogP contribution in [-0.2, 0) is 20.0 Å². The Balaban J connectivity index is 1.89. The highest BCUT2D eigenvalue weighted by molar-refractivity contribution is 7.93. The van der Waals surface area contributed by atoms with E-state index < -0.39 is 20.0 Å². The van der Waals surface area contributed by atoms with E-state index in [1.807, 2.05) is 0 Å². The predicted molar refractivity (Wildman–Crippen MR) is 104 cm³/mol. The molecule has 11 heteroatoms. The van der Waals surface area contributed by atoms with Gasteiger partial charge in [0, 0.05) is 13.1 Å². The largest absolute Gasteiger partial charge is 0.280 e. The fraction of sp³-hybridized carbons (Fsp3) is 0.333. The highest BCUT2D eigenvalue weighted by Gasteiger charge is 2.27. The van der Waals surface area contributed by atoms with E-state index in [4.69, 9.17) is 23.2 Å². The molecule has 1 fully saturated rings. The SMILES string of the molecule is O=S(=O)(Nc1cccc(S(=O)(=O)N2CCCCC2)c1)c1cc(Cl)sc1Cl. The van der Waals surface area contributed by atoms with Crippen molar-refractivity contribution in [2.75, 3.05) is 17.8 Å². The molecule has 1 aliphatic rings. The maximum Gasteiger partial charge on any atom is 0.264 e. The molecule has 1 N–H and O–H groups in total. The summed E-state index contributed by atoms with van der Waals surface area (Å²) in [5.74, 6) is 0. The lowest BCUT2D eigenvalue weighted by Crippen LogP contribution is -2.35. The minimum absolute atomic E-state index is 0.0413. The summed E-state index contributed by atoms with van der Waals surface area (Å²) in [7, 11) is -7.63. The molecule has 0 atom stereocenters. The molecule has 0 aliphatic carbocycles. The number of rotatable bonds is 5. The van der Waals surface area contributed by atoms with Crippen molar-refractivity contribution in [3.63, 3.8) is 0 Å². The lowest BCUT2D eigenvalue weighted by atomic mass is 10.2. The Labute approximate surface area is 166 Å². The summed E-state index contributed by atoms with van der Waals surface area (Å²) in [5.41, 5.74) is 0.140. The Bertz CT molecular complexity index is 1010. The molecule has 2 aromatic rings. The zero-order valence-electron chi connectivity index (χ0n) is 13.5. The first-order chi connectivity index (χ1) is 12.2. The quantitative estimate of drug-likeness (QED) is 0.738. The van der Waals surface area contributed by atoms with E-state index in [1.54, 1.807) is 0 Å². The normalized spacial score (nSPS) is 16.5. The van der Waals surface area contributed by atoms with Crippen LogP contribution in [0.5, 0.6) is 0 Å². The molecule has 1 aromatic heterocycles. The van der Waals surface area contributed by atoms with Gasteiger partial charge < -0.3 is 0 Å². The molecule has 2 heterocycles. The van der Waals surface area contributed by atoms with Crippen LogP contribution in [-0.4, -0.2) is 34.2 Å². The van der Waals surface area contributed by atoms with Crippen LogP contribution < -0.4 is 4.72 Å². The monoisotopic (exact) mass is 454 g/mol. The number of benzene rings is 1. The van der Waals surface area contributed by atoms with Crippen molar-refractivity contribution in [1.29, 1.82) is 0 Å². The number of anilines is 1. The van der Waals surface area contributed by atoms with E-state index in [0.717, 1.165) is 30.6 Å². The first kappa shape index (κ1) is 19.9. The van der Waals surface area contributed by atoms with E-state index >= 15 is 0 Å². The molecule has 0 saturated carbocycles. The van der Waals surface area contributed by atoms with Crippen LogP contribution in [0.1, 0.15) is 19.3 Å². The summed E-state index contributed by atoms with van der Waals surface area (Å²) >= 11 is 12.7. The Kier molecular flexibility index (Phi) is 5.86. The predicted octanol–water partition coefficient (Wildman–Crippen LogP) is 4.03. The number of thiophene rings is 1. The molecular formula is C15H16Cl2N2O4S3. The summed E-state index contributed by atoms with van der Waals surface area (Å²) in [6.45, 7) is 0.947. The van der Waals surface area contributed by atoms with Crippen molar-refractivity contribution in [3.8, 4) is 0 Å². The van der Waals surface area contributed by atoms with Gasteiger partial charge in [-0.3, -0.25) is 4.72 Å². The van der Waals surface area contributed by atoms with Gasteiger partial charge in [-0.15, -0.1) is 11.3 Å². The van der Waals surface area contributed by atoms with Gasteiger partial charge in [-0.05, 0) is 37.1 Å². The zero-order valence-corrected chi connectivity index (χ0v) is 17.4. The van der Waals surface area contributed by atoms with Crippen LogP contribution in [0, 0.1) is 0 Å². The van der Waals surface area contributed by atoms with Crippen molar-refractivity contribution < 1.29 is 16.8 Å². The maximum atomic E-state index is 12.7. The number of piperidine rings is 1. The Morgan fingerprint density at radius 3 is 2.31 bits per heavy atom. The third-order valence-corrected chi connectivity index (χ3v) is 8.98. The lowest BCUT2D eigenvalue weighted by molar-refractivity contribution is 0.346. The summed E-state index contributed by atoms with van der Waals surface area (Å²) in [6, 6.07) is 7.00. The van der Waals surface area contributed by atoms with Crippen LogP contribution in [0.3, 0.4) is 0 Å². The second kappa shape index (κ2) is 7.65. The van der Waals surface area contributed by atoms with Crippen LogP contribution >= 0.6 is 34.5 Å². The molecular weight excluding hydrogens is 439 g/mol. The lowest BCUT2D eigenvalue weighted by Gasteiger charge is -2.26. The Hall–Kier alpha value is -0.840.